The van der Waals surface area contributed by atoms with Gasteiger partial charge < -0.3 is 10.2 Å². The Hall–Kier alpha value is -2.54. The number of carbonyl (C=O) groups excluding carboxylic acids is 2. The van der Waals surface area contributed by atoms with Gasteiger partial charge in [-0.2, -0.15) is 0 Å². The summed E-state index contributed by atoms with van der Waals surface area (Å²) >= 11 is 1.44. The van der Waals surface area contributed by atoms with Crippen LogP contribution in [0.1, 0.15) is 81.0 Å². The van der Waals surface area contributed by atoms with Gasteiger partial charge in [-0.3, -0.25) is 9.59 Å². The number of hydrogen-bond donors (Lipinski definition) is 1. The monoisotopic (exact) mass is 426 g/mol. The molecule has 2 heterocycles. The quantitative estimate of drug-likeness (QED) is 0.520. The van der Waals surface area contributed by atoms with Crippen molar-refractivity contribution in [3.63, 3.8) is 0 Å². The van der Waals surface area contributed by atoms with Crippen molar-refractivity contribution >= 4 is 34.4 Å². The third-order valence-electron chi connectivity index (χ3n) is 5.31. The second-order valence-electron chi connectivity index (χ2n) is 7.66. The highest BCUT2D eigenvalue weighted by Crippen LogP contribution is 2.33. The Labute approximate surface area is 182 Å². The van der Waals surface area contributed by atoms with Crippen LogP contribution in [0.5, 0.6) is 0 Å². The van der Waals surface area contributed by atoms with E-state index in [1.807, 2.05) is 30.3 Å². The van der Waals surface area contributed by atoms with Gasteiger partial charge in [0.2, 0.25) is 16.9 Å². The molecule has 0 saturated heterocycles. The molecule has 0 bridgehead atoms. The van der Waals surface area contributed by atoms with Gasteiger partial charge in [0.25, 0.3) is 0 Å². The Balaban J connectivity index is 1.54. The maximum Gasteiger partial charge on any atom is 0.228 e. The lowest BCUT2D eigenvalue weighted by molar-refractivity contribution is -0.129. The first-order valence-corrected chi connectivity index (χ1v) is 11.6. The lowest BCUT2D eigenvalue weighted by atomic mass is 9.93. The zero-order chi connectivity index (χ0) is 21.3. The summed E-state index contributed by atoms with van der Waals surface area (Å²) in [6, 6.07) is 7.53. The molecule has 160 valence electrons. The van der Waals surface area contributed by atoms with E-state index >= 15 is 0 Å². The third kappa shape index (κ3) is 5.98. The number of rotatable bonds is 10. The van der Waals surface area contributed by atoms with Crippen LogP contribution in [0.25, 0.3) is 6.08 Å². The molecule has 0 fully saturated rings. The largest absolute Gasteiger partial charge is 0.311 e. The molecule has 0 saturated carbocycles. The van der Waals surface area contributed by atoms with Gasteiger partial charge in [0.15, 0.2) is 0 Å². The number of aryl methyl sites for hydroxylation is 1. The fourth-order valence-corrected chi connectivity index (χ4v) is 4.52. The SMILES string of the molecule is CCCCCCCCc1nnc(NC(=O)CC2c3ccccc3C=CN2C(C)=O)s1. The maximum atomic E-state index is 12.7. The van der Waals surface area contributed by atoms with Crippen LogP contribution in [0.2, 0.25) is 0 Å². The van der Waals surface area contributed by atoms with Crippen LogP contribution in [-0.2, 0) is 16.0 Å². The number of fused-ring (bicyclic) bond motifs is 1. The van der Waals surface area contributed by atoms with E-state index < -0.39 is 0 Å². The van der Waals surface area contributed by atoms with Gasteiger partial charge in [-0.15, -0.1) is 10.2 Å². The van der Waals surface area contributed by atoms with Crippen molar-refractivity contribution in [2.24, 2.45) is 0 Å². The number of nitrogens with zero attached hydrogens (tertiary/aromatic N) is 3. The van der Waals surface area contributed by atoms with E-state index in [1.54, 1.807) is 11.1 Å². The number of aromatic nitrogens is 2. The van der Waals surface area contributed by atoms with E-state index in [4.69, 9.17) is 0 Å². The summed E-state index contributed by atoms with van der Waals surface area (Å²) in [7, 11) is 0. The molecule has 2 amide bonds. The Morgan fingerprint density at radius 2 is 1.87 bits per heavy atom. The smallest absolute Gasteiger partial charge is 0.228 e. The predicted octanol–water partition coefficient (Wildman–Crippen LogP) is 5.34. The van der Waals surface area contributed by atoms with Crippen LogP contribution in [-0.4, -0.2) is 26.9 Å². The molecule has 1 aromatic heterocycles. The Kier molecular flexibility index (Phi) is 8.13. The molecule has 7 heteroatoms. The number of anilines is 1. The summed E-state index contributed by atoms with van der Waals surface area (Å²) in [6.07, 6.45) is 12.2. The van der Waals surface area contributed by atoms with Gasteiger partial charge in [0.05, 0.1) is 12.5 Å². The lowest BCUT2D eigenvalue weighted by Gasteiger charge is -2.32. The van der Waals surface area contributed by atoms with Gasteiger partial charge in [0.1, 0.15) is 5.01 Å². The zero-order valence-corrected chi connectivity index (χ0v) is 18.6. The van der Waals surface area contributed by atoms with Gasteiger partial charge in [-0.1, -0.05) is 74.6 Å². The van der Waals surface area contributed by atoms with Crippen molar-refractivity contribution in [3.05, 3.63) is 46.6 Å². The van der Waals surface area contributed by atoms with Crippen molar-refractivity contribution in [2.45, 2.75) is 71.3 Å². The highest BCUT2D eigenvalue weighted by atomic mass is 32.1. The van der Waals surface area contributed by atoms with Gasteiger partial charge in [-0.05, 0) is 23.6 Å². The fourth-order valence-electron chi connectivity index (χ4n) is 3.72. The van der Waals surface area contributed by atoms with Crippen molar-refractivity contribution in [3.8, 4) is 0 Å². The van der Waals surface area contributed by atoms with Gasteiger partial charge in [0, 0.05) is 19.5 Å². The van der Waals surface area contributed by atoms with E-state index in [0.29, 0.717) is 5.13 Å². The predicted molar refractivity (Wildman–Crippen MR) is 121 cm³/mol. The first-order valence-electron chi connectivity index (χ1n) is 10.8. The summed E-state index contributed by atoms with van der Waals surface area (Å²) in [5.74, 6) is -0.255. The first-order chi connectivity index (χ1) is 14.6. The van der Waals surface area contributed by atoms with Crippen molar-refractivity contribution < 1.29 is 9.59 Å². The highest BCUT2D eigenvalue weighted by molar-refractivity contribution is 7.15. The Morgan fingerprint density at radius 3 is 2.67 bits per heavy atom. The van der Waals surface area contributed by atoms with E-state index in [-0.39, 0.29) is 24.3 Å². The van der Waals surface area contributed by atoms with E-state index in [9.17, 15) is 9.59 Å². The standard InChI is InChI=1S/C23H30N4O2S/c1-3-4-5-6-7-8-13-22-25-26-23(30-22)24-21(29)16-20-19-12-10-9-11-18(19)14-15-27(20)17(2)28/h9-12,14-15,20H,3-8,13,16H2,1-2H3,(H,24,26,29). The second kappa shape index (κ2) is 11.0. The van der Waals surface area contributed by atoms with Crippen LogP contribution >= 0.6 is 11.3 Å². The maximum absolute atomic E-state index is 12.7. The number of benzene rings is 1. The van der Waals surface area contributed by atoms with Crippen LogP contribution in [0.3, 0.4) is 0 Å². The average molecular weight is 427 g/mol. The molecule has 1 aliphatic rings. The minimum atomic E-state index is -0.320. The Morgan fingerprint density at radius 1 is 1.10 bits per heavy atom. The number of unbranched alkanes of at least 4 members (excludes halogenated alkanes) is 5. The topological polar surface area (TPSA) is 75.2 Å². The molecule has 30 heavy (non-hydrogen) atoms. The van der Waals surface area contributed by atoms with Crippen LogP contribution in [0, 0.1) is 0 Å². The van der Waals surface area contributed by atoms with Crippen LogP contribution in [0.4, 0.5) is 5.13 Å². The lowest BCUT2D eigenvalue weighted by Crippen LogP contribution is -2.33. The summed E-state index contributed by atoms with van der Waals surface area (Å²) < 4.78 is 0. The number of nitrogens with one attached hydrogen (secondary N) is 1. The van der Waals surface area contributed by atoms with E-state index in [0.717, 1.165) is 29.0 Å². The second-order valence-corrected chi connectivity index (χ2v) is 8.72. The summed E-state index contributed by atoms with van der Waals surface area (Å²) in [5, 5.41) is 12.7. The molecule has 6 nitrogen and oxygen atoms in total. The van der Waals surface area contributed by atoms with E-state index in [1.165, 1.54) is 50.4 Å². The molecule has 1 N–H and O–H groups in total. The van der Waals surface area contributed by atoms with Gasteiger partial charge >= 0.3 is 0 Å². The van der Waals surface area contributed by atoms with Crippen LogP contribution < -0.4 is 5.32 Å². The molecule has 1 aliphatic heterocycles. The summed E-state index contributed by atoms with van der Waals surface area (Å²) in [5.41, 5.74) is 2.01. The minimum absolute atomic E-state index is 0.0873. The molecule has 2 aromatic rings. The molecule has 1 aromatic carbocycles. The number of carbonyl (C=O) groups is 2. The van der Waals surface area contributed by atoms with Crippen molar-refractivity contribution in [1.29, 1.82) is 0 Å². The van der Waals surface area contributed by atoms with Crippen LogP contribution in [0.15, 0.2) is 30.5 Å². The molecule has 1 unspecified atom stereocenters. The molecule has 0 aliphatic carbocycles. The summed E-state index contributed by atoms with van der Waals surface area (Å²) in [6.45, 7) is 3.74. The molecule has 0 spiro atoms. The molecule has 1 atom stereocenters. The van der Waals surface area contributed by atoms with Crippen molar-refractivity contribution in [2.75, 3.05) is 5.32 Å². The molecule has 0 radical (unpaired) electrons. The first kappa shape index (κ1) is 22.2. The fraction of sp³-hybridized carbons (Fsp3) is 0.478. The molecule has 3 rings (SSSR count). The number of amides is 2. The zero-order valence-electron chi connectivity index (χ0n) is 17.8. The van der Waals surface area contributed by atoms with E-state index in [2.05, 4.69) is 22.4 Å². The normalized spacial score (nSPS) is 15.1. The van der Waals surface area contributed by atoms with Gasteiger partial charge in [-0.25, -0.2) is 0 Å². The highest BCUT2D eigenvalue weighted by Gasteiger charge is 2.28. The average Bonchev–Trinajstić information content (AvgIpc) is 3.17. The summed E-state index contributed by atoms with van der Waals surface area (Å²) in [4.78, 5) is 26.4. The van der Waals surface area contributed by atoms with Crippen molar-refractivity contribution in [1.82, 2.24) is 15.1 Å². The molecular weight excluding hydrogens is 396 g/mol. The number of hydrogen-bond acceptors (Lipinski definition) is 5. The Bertz CT molecular complexity index is 893. The minimum Gasteiger partial charge on any atom is -0.311 e. The molecular formula is C23H30N4O2S. The third-order valence-corrected chi connectivity index (χ3v) is 6.20.